The summed E-state index contributed by atoms with van der Waals surface area (Å²) in [5.74, 6) is 0.730. The molecule has 126 valence electrons. The quantitative estimate of drug-likeness (QED) is 0.643. The SMILES string of the molecule is CN=C(NCCc1ccc(F)c(Br)c1)N1CCC2(CCOC2)C1. The summed E-state index contributed by atoms with van der Waals surface area (Å²) in [4.78, 5) is 6.74. The lowest BCUT2D eigenvalue weighted by Gasteiger charge is -2.25. The first-order valence-corrected chi connectivity index (χ1v) is 8.88. The highest BCUT2D eigenvalue weighted by Crippen LogP contribution is 2.38. The van der Waals surface area contributed by atoms with Crippen molar-refractivity contribution in [3.63, 3.8) is 0 Å². The number of aliphatic imine (C=N–C) groups is 1. The average Bonchev–Trinajstić information content (AvgIpc) is 3.18. The van der Waals surface area contributed by atoms with Gasteiger partial charge in [0.1, 0.15) is 5.82 Å². The Bertz CT molecular complexity index is 587. The first kappa shape index (κ1) is 16.7. The Morgan fingerprint density at radius 2 is 2.35 bits per heavy atom. The van der Waals surface area contributed by atoms with Crippen LogP contribution < -0.4 is 5.32 Å². The minimum Gasteiger partial charge on any atom is -0.381 e. The summed E-state index contributed by atoms with van der Waals surface area (Å²) in [7, 11) is 1.83. The normalized spacial score (nSPS) is 24.7. The highest BCUT2D eigenvalue weighted by molar-refractivity contribution is 9.10. The van der Waals surface area contributed by atoms with Crippen LogP contribution in [-0.4, -0.2) is 50.8 Å². The fourth-order valence-corrected chi connectivity index (χ4v) is 3.86. The van der Waals surface area contributed by atoms with Crippen LogP contribution in [0.15, 0.2) is 27.7 Å². The van der Waals surface area contributed by atoms with Gasteiger partial charge in [-0.1, -0.05) is 6.07 Å². The van der Waals surface area contributed by atoms with Crippen LogP contribution in [0.4, 0.5) is 4.39 Å². The number of halogens is 2. The molecule has 1 atom stereocenters. The second-order valence-electron chi connectivity index (χ2n) is 6.45. The molecule has 2 saturated heterocycles. The highest BCUT2D eigenvalue weighted by atomic mass is 79.9. The molecular formula is C17H23BrFN3O. The summed E-state index contributed by atoms with van der Waals surface area (Å²) in [6.07, 6.45) is 3.17. The van der Waals surface area contributed by atoms with E-state index >= 15 is 0 Å². The Hall–Kier alpha value is -1.14. The van der Waals surface area contributed by atoms with E-state index in [1.165, 1.54) is 12.5 Å². The lowest BCUT2D eigenvalue weighted by Crippen LogP contribution is -2.42. The van der Waals surface area contributed by atoms with Crippen LogP contribution in [0, 0.1) is 11.2 Å². The third-order valence-electron chi connectivity index (χ3n) is 4.82. The minimum atomic E-state index is -0.223. The van der Waals surface area contributed by atoms with Crippen LogP contribution in [0.3, 0.4) is 0 Å². The average molecular weight is 384 g/mol. The Labute approximate surface area is 145 Å². The maximum Gasteiger partial charge on any atom is 0.193 e. The zero-order chi connectivity index (χ0) is 16.3. The Balaban J connectivity index is 1.51. The third kappa shape index (κ3) is 3.86. The van der Waals surface area contributed by atoms with E-state index in [2.05, 4.69) is 31.1 Å². The Morgan fingerprint density at radius 3 is 3.04 bits per heavy atom. The summed E-state index contributed by atoms with van der Waals surface area (Å²) < 4.78 is 19.4. The molecule has 1 spiro atoms. The summed E-state index contributed by atoms with van der Waals surface area (Å²) >= 11 is 3.23. The van der Waals surface area contributed by atoms with Crippen molar-refractivity contribution in [2.75, 3.05) is 39.9 Å². The van der Waals surface area contributed by atoms with Crippen molar-refractivity contribution < 1.29 is 9.13 Å². The van der Waals surface area contributed by atoms with Gasteiger partial charge in [-0.05, 0) is 52.9 Å². The van der Waals surface area contributed by atoms with Gasteiger partial charge >= 0.3 is 0 Å². The lowest BCUT2D eigenvalue weighted by molar-refractivity contribution is 0.156. The molecule has 2 aliphatic rings. The number of nitrogens with zero attached hydrogens (tertiary/aromatic N) is 2. The molecule has 1 N–H and O–H groups in total. The van der Waals surface area contributed by atoms with Crippen molar-refractivity contribution in [1.82, 2.24) is 10.2 Å². The zero-order valence-corrected chi connectivity index (χ0v) is 15.0. The molecule has 0 bridgehead atoms. The smallest absolute Gasteiger partial charge is 0.193 e. The molecule has 1 unspecified atom stereocenters. The number of likely N-dealkylation sites (tertiary alicyclic amines) is 1. The minimum absolute atomic E-state index is 0.223. The fraction of sp³-hybridized carbons (Fsp3) is 0.588. The standard InChI is InChI=1S/C17H23BrFN3O/c1-20-16(22-8-5-17(11-22)6-9-23-12-17)21-7-4-13-2-3-15(19)14(18)10-13/h2-3,10H,4-9,11-12H2,1H3,(H,20,21). The predicted molar refractivity (Wildman–Crippen MR) is 93.2 cm³/mol. The summed E-state index contributed by atoms with van der Waals surface area (Å²) in [5, 5.41) is 3.43. The van der Waals surface area contributed by atoms with Gasteiger partial charge in [-0.25, -0.2) is 4.39 Å². The van der Waals surface area contributed by atoms with Gasteiger partial charge in [-0.3, -0.25) is 4.99 Å². The van der Waals surface area contributed by atoms with E-state index in [-0.39, 0.29) is 5.82 Å². The molecule has 2 heterocycles. The second kappa shape index (κ2) is 7.18. The zero-order valence-electron chi connectivity index (χ0n) is 13.4. The van der Waals surface area contributed by atoms with Crippen molar-refractivity contribution in [1.29, 1.82) is 0 Å². The lowest BCUT2D eigenvalue weighted by atomic mass is 9.87. The maximum absolute atomic E-state index is 13.3. The van der Waals surface area contributed by atoms with E-state index in [0.29, 0.717) is 9.89 Å². The fourth-order valence-electron chi connectivity index (χ4n) is 3.43. The van der Waals surface area contributed by atoms with Gasteiger partial charge in [0, 0.05) is 38.7 Å². The summed E-state index contributed by atoms with van der Waals surface area (Å²) in [6.45, 7) is 4.61. The van der Waals surface area contributed by atoms with Crippen LogP contribution >= 0.6 is 15.9 Å². The maximum atomic E-state index is 13.3. The van der Waals surface area contributed by atoms with Crippen LogP contribution in [-0.2, 0) is 11.2 Å². The molecule has 0 radical (unpaired) electrons. The predicted octanol–water partition coefficient (Wildman–Crippen LogP) is 2.82. The van der Waals surface area contributed by atoms with Gasteiger partial charge < -0.3 is 15.0 Å². The first-order valence-electron chi connectivity index (χ1n) is 8.09. The molecule has 23 heavy (non-hydrogen) atoms. The van der Waals surface area contributed by atoms with Gasteiger partial charge in [0.05, 0.1) is 11.1 Å². The molecule has 2 aliphatic heterocycles. The Morgan fingerprint density at radius 1 is 1.48 bits per heavy atom. The number of rotatable bonds is 3. The van der Waals surface area contributed by atoms with Gasteiger partial charge in [0.15, 0.2) is 5.96 Å². The van der Waals surface area contributed by atoms with E-state index in [1.807, 2.05) is 19.2 Å². The highest BCUT2D eigenvalue weighted by Gasteiger charge is 2.42. The van der Waals surface area contributed by atoms with Crippen molar-refractivity contribution in [3.05, 3.63) is 34.1 Å². The number of hydrogen-bond acceptors (Lipinski definition) is 2. The van der Waals surface area contributed by atoms with Crippen LogP contribution in [0.1, 0.15) is 18.4 Å². The molecule has 4 nitrogen and oxygen atoms in total. The molecular weight excluding hydrogens is 361 g/mol. The van der Waals surface area contributed by atoms with Gasteiger partial charge in [-0.2, -0.15) is 0 Å². The van der Waals surface area contributed by atoms with Crippen molar-refractivity contribution in [3.8, 4) is 0 Å². The van der Waals surface area contributed by atoms with Gasteiger partial charge in [0.2, 0.25) is 0 Å². The van der Waals surface area contributed by atoms with E-state index in [1.54, 1.807) is 0 Å². The van der Waals surface area contributed by atoms with Crippen molar-refractivity contribution in [2.45, 2.75) is 19.3 Å². The van der Waals surface area contributed by atoms with Crippen LogP contribution in [0.25, 0.3) is 0 Å². The first-order chi connectivity index (χ1) is 11.1. The summed E-state index contributed by atoms with van der Waals surface area (Å²) in [6, 6.07) is 5.16. The number of guanidine groups is 1. The van der Waals surface area contributed by atoms with E-state index in [9.17, 15) is 4.39 Å². The number of hydrogen-bond donors (Lipinski definition) is 1. The number of ether oxygens (including phenoxy) is 1. The van der Waals surface area contributed by atoms with Crippen molar-refractivity contribution >= 4 is 21.9 Å². The molecule has 6 heteroatoms. The third-order valence-corrected chi connectivity index (χ3v) is 5.42. The largest absolute Gasteiger partial charge is 0.381 e. The molecule has 1 aromatic rings. The topological polar surface area (TPSA) is 36.9 Å². The van der Waals surface area contributed by atoms with E-state index < -0.39 is 0 Å². The molecule has 0 aromatic heterocycles. The molecule has 2 fully saturated rings. The molecule has 0 aliphatic carbocycles. The van der Waals surface area contributed by atoms with Gasteiger partial charge in [0.25, 0.3) is 0 Å². The van der Waals surface area contributed by atoms with E-state index in [0.717, 1.165) is 57.2 Å². The molecule has 3 rings (SSSR count). The molecule has 0 saturated carbocycles. The van der Waals surface area contributed by atoms with E-state index in [4.69, 9.17) is 4.74 Å². The molecule has 0 amide bonds. The second-order valence-corrected chi connectivity index (χ2v) is 7.30. The number of nitrogens with one attached hydrogen (secondary N) is 1. The van der Waals surface area contributed by atoms with Crippen LogP contribution in [0.5, 0.6) is 0 Å². The summed E-state index contributed by atoms with van der Waals surface area (Å²) in [5.41, 5.74) is 1.43. The molecule has 1 aromatic carbocycles. The van der Waals surface area contributed by atoms with Gasteiger partial charge in [-0.15, -0.1) is 0 Å². The van der Waals surface area contributed by atoms with Crippen molar-refractivity contribution in [2.24, 2.45) is 10.4 Å². The van der Waals surface area contributed by atoms with Crippen LogP contribution in [0.2, 0.25) is 0 Å². The monoisotopic (exact) mass is 383 g/mol. The Kier molecular flexibility index (Phi) is 5.21. The number of benzene rings is 1.